The van der Waals surface area contributed by atoms with Crippen LogP contribution in [-0.2, 0) is 0 Å². The standard InChI is InChI=1S/C11H13BrN4/c1-3-8(2)11-14-7-15-16(11)10-5-4-9(12)6-13-10/h4-8H,3H2,1-2H3. The van der Waals surface area contributed by atoms with Crippen molar-refractivity contribution in [2.24, 2.45) is 0 Å². The second kappa shape index (κ2) is 4.74. The Hall–Kier alpha value is -1.23. The summed E-state index contributed by atoms with van der Waals surface area (Å²) in [7, 11) is 0. The molecule has 0 aliphatic carbocycles. The predicted molar refractivity (Wildman–Crippen MR) is 65.6 cm³/mol. The van der Waals surface area contributed by atoms with Gasteiger partial charge in [0, 0.05) is 16.6 Å². The fraction of sp³-hybridized carbons (Fsp3) is 0.364. The van der Waals surface area contributed by atoms with E-state index in [-0.39, 0.29) is 0 Å². The third kappa shape index (κ3) is 2.14. The molecule has 4 nitrogen and oxygen atoms in total. The Morgan fingerprint density at radius 3 is 2.81 bits per heavy atom. The molecule has 0 spiro atoms. The maximum absolute atomic E-state index is 4.31. The molecule has 0 aromatic carbocycles. The predicted octanol–water partition coefficient (Wildman–Crippen LogP) is 2.94. The van der Waals surface area contributed by atoms with Gasteiger partial charge >= 0.3 is 0 Å². The molecule has 0 saturated heterocycles. The van der Waals surface area contributed by atoms with Gasteiger partial charge in [0.05, 0.1) is 0 Å². The maximum atomic E-state index is 4.31. The average molecular weight is 281 g/mol. The normalized spacial score (nSPS) is 12.7. The van der Waals surface area contributed by atoms with Crippen LogP contribution < -0.4 is 0 Å². The van der Waals surface area contributed by atoms with Gasteiger partial charge in [-0.3, -0.25) is 0 Å². The molecule has 0 N–H and O–H groups in total. The molecule has 2 aromatic heterocycles. The fourth-order valence-corrected chi connectivity index (χ4v) is 1.67. The first-order valence-corrected chi connectivity index (χ1v) is 6.03. The molecular weight excluding hydrogens is 268 g/mol. The summed E-state index contributed by atoms with van der Waals surface area (Å²) in [4.78, 5) is 8.60. The van der Waals surface area contributed by atoms with Crippen LogP contribution in [0.5, 0.6) is 0 Å². The smallest absolute Gasteiger partial charge is 0.155 e. The zero-order chi connectivity index (χ0) is 11.5. The van der Waals surface area contributed by atoms with Gasteiger partial charge in [-0.1, -0.05) is 13.8 Å². The number of pyridine rings is 1. The van der Waals surface area contributed by atoms with Crippen molar-refractivity contribution >= 4 is 15.9 Å². The van der Waals surface area contributed by atoms with Gasteiger partial charge in [0.15, 0.2) is 5.82 Å². The van der Waals surface area contributed by atoms with Crippen LogP contribution in [0.25, 0.3) is 5.82 Å². The highest BCUT2D eigenvalue weighted by Gasteiger charge is 2.13. The number of rotatable bonds is 3. The van der Waals surface area contributed by atoms with Crippen LogP contribution in [0.4, 0.5) is 0 Å². The third-order valence-corrected chi connectivity index (χ3v) is 3.03. The number of nitrogens with zero attached hydrogens (tertiary/aromatic N) is 4. The Morgan fingerprint density at radius 1 is 1.38 bits per heavy atom. The van der Waals surface area contributed by atoms with Crippen LogP contribution in [0.1, 0.15) is 32.0 Å². The van der Waals surface area contributed by atoms with Crippen molar-refractivity contribution in [3.63, 3.8) is 0 Å². The summed E-state index contributed by atoms with van der Waals surface area (Å²) in [6.45, 7) is 4.28. The van der Waals surface area contributed by atoms with Crippen LogP contribution in [0, 0.1) is 0 Å². The van der Waals surface area contributed by atoms with Crippen molar-refractivity contribution in [3.05, 3.63) is 35.0 Å². The number of aromatic nitrogens is 4. The Labute approximate surface area is 103 Å². The molecule has 1 unspecified atom stereocenters. The number of halogens is 1. The van der Waals surface area contributed by atoms with Crippen LogP contribution in [0.3, 0.4) is 0 Å². The summed E-state index contributed by atoms with van der Waals surface area (Å²) < 4.78 is 2.75. The van der Waals surface area contributed by atoms with Crippen molar-refractivity contribution < 1.29 is 0 Å². The highest BCUT2D eigenvalue weighted by molar-refractivity contribution is 9.10. The lowest BCUT2D eigenvalue weighted by Gasteiger charge is -2.09. The third-order valence-electron chi connectivity index (χ3n) is 2.56. The average Bonchev–Trinajstić information content (AvgIpc) is 2.78. The minimum atomic E-state index is 0.382. The highest BCUT2D eigenvalue weighted by Crippen LogP contribution is 2.18. The molecular formula is C11H13BrN4. The van der Waals surface area contributed by atoms with Crippen LogP contribution >= 0.6 is 15.9 Å². The van der Waals surface area contributed by atoms with Gasteiger partial charge in [0.2, 0.25) is 0 Å². The topological polar surface area (TPSA) is 43.6 Å². The summed E-state index contributed by atoms with van der Waals surface area (Å²) in [6, 6.07) is 3.87. The van der Waals surface area contributed by atoms with E-state index >= 15 is 0 Å². The second-order valence-electron chi connectivity index (χ2n) is 3.67. The van der Waals surface area contributed by atoms with Crippen molar-refractivity contribution in [3.8, 4) is 5.82 Å². The molecule has 2 aromatic rings. The summed E-state index contributed by atoms with van der Waals surface area (Å²) in [5.41, 5.74) is 0. The molecule has 2 heterocycles. The van der Waals surface area contributed by atoms with E-state index in [0.29, 0.717) is 5.92 Å². The first-order chi connectivity index (χ1) is 7.72. The van der Waals surface area contributed by atoms with Crippen molar-refractivity contribution in [1.82, 2.24) is 19.7 Å². The van der Waals surface area contributed by atoms with Crippen LogP contribution in [0.15, 0.2) is 29.1 Å². The van der Waals surface area contributed by atoms with Gasteiger partial charge in [-0.15, -0.1) is 0 Å². The molecule has 0 aliphatic rings. The van der Waals surface area contributed by atoms with E-state index in [0.717, 1.165) is 22.5 Å². The zero-order valence-electron chi connectivity index (χ0n) is 9.26. The fourth-order valence-electron chi connectivity index (χ4n) is 1.44. The molecule has 0 amide bonds. The van der Waals surface area contributed by atoms with Crippen LogP contribution in [-0.4, -0.2) is 19.7 Å². The molecule has 84 valence electrons. The van der Waals surface area contributed by atoms with Crippen LogP contribution in [0.2, 0.25) is 0 Å². The van der Waals surface area contributed by atoms with Gasteiger partial charge in [-0.2, -0.15) is 9.78 Å². The van der Waals surface area contributed by atoms with E-state index in [4.69, 9.17) is 0 Å². The first-order valence-electron chi connectivity index (χ1n) is 5.24. The summed E-state index contributed by atoms with van der Waals surface area (Å²) in [5, 5.41) is 4.21. The Kier molecular flexibility index (Phi) is 3.33. The van der Waals surface area contributed by atoms with Gasteiger partial charge in [-0.25, -0.2) is 9.97 Å². The summed E-state index contributed by atoms with van der Waals surface area (Å²) in [6.07, 6.45) is 4.37. The lowest BCUT2D eigenvalue weighted by molar-refractivity contribution is 0.640. The molecule has 16 heavy (non-hydrogen) atoms. The molecule has 0 saturated carbocycles. The molecule has 0 bridgehead atoms. The molecule has 0 aliphatic heterocycles. The molecule has 0 radical (unpaired) electrons. The monoisotopic (exact) mass is 280 g/mol. The lowest BCUT2D eigenvalue weighted by atomic mass is 10.1. The largest absolute Gasteiger partial charge is 0.236 e. The van der Waals surface area contributed by atoms with Gasteiger partial charge in [0.1, 0.15) is 12.2 Å². The quantitative estimate of drug-likeness (QED) is 0.868. The SMILES string of the molecule is CCC(C)c1ncnn1-c1ccc(Br)cn1. The Bertz CT molecular complexity index is 463. The highest BCUT2D eigenvalue weighted by atomic mass is 79.9. The summed E-state index contributed by atoms with van der Waals surface area (Å²) in [5.74, 6) is 2.14. The van der Waals surface area contributed by atoms with E-state index in [1.165, 1.54) is 0 Å². The summed E-state index contributed by atoms with van der Waals surface area (Å²) >= 11 is 3.36. The molecule has 2 rings (SSSR count). The Balaban J connectivity index is 2.40. The minimum absolute atomic E-state index is 0.382. The molecule has 5 heteroatoms. The van der Waals surface area contributed by atoms with E-state index in [9.17, 15) is 0 Å². The van der Waals surface area contributed by atoms with Crippen molar-refractivity contribution in [2.45, 2.75) is 26.2 Å². The zero-order valence-corrected chi connectivity index (χ0v) is 10.8. The van der Waals surface area contributed by atoms with E-state index in [1.54, 1.807) is 17.2 Å². The Morgan fingerprint density at radius 2 is 2.19 bits per heavy atom. The second-order valence-corrected chi connectivity index (χ2v) is 4.59. The van der Waals surface area contributed by atoms with Gasteiger partial charge < -0.3 is 0 Å². The van der Waals surface area contributed by atoms with Crippen molar-refractivity contribution in [1.29, 1.82) is 0 Å². The molecule has 0 fully saturated rings. The van der Waals surface area contributed by atoms with Crippen molar-refractivity contribution in [2.75, 3.05) is 0 Å². The number of hydrogen-bond donors (Lipinski definition) is 0. The molecule has 1 atom stereocenters. The van der Waals surface area contributed by atoms with Gasteiger partial charge in [0.25, 0.3) is 0 Å². The lowest BCUT2D eigenvalue weighted by Crippen LogP contribution is -2.07. The minimum Gasteiger partial charge on any atom is -0.236 e. The van der Waals surface area contributed by atoms with E-state index < -0.39 is 0 Å². The van der Waals surface area contributed by atoms with Gasteiger partial charge in [-0.05, 0) is 34.5 Å². The number of hydrogen-bond acceptors (Lipinski definition) is 3. The maximum Gasteiger partial charge on any atom is 0.155 e. The first kappa shape index (κ1) is 11.3. The van der Waals surface area contributed by atoms with E-state index in [2.05, 4.69) is 44.8 Å². The van der Waals surface area contributed by atoms with E-state index in [1.807, 2.05) is 12.1 Å².